The van der Waals surface area contributed by atoms with Crippen molar-refractivity contribution in [2.75, 3.05) is 0 Å². The summed E-state index contributed by atoms with van der Waals surface area (Å²) < 4.78 is 94.6. The molecule has 97 heavy (non-hydrogen) atoms. The van der Waals surface area contributed by atoms with Crippen LogP contribution in [-0.4, -0.2) is 122 Å². The molecule has 0 spiro atoms. The molecule has 504 valence electrons. The summed E-state index contributed by atoms with van der Waals surface area (Å²) in [6.45, 7) is 4.24. The average molecular weight is 1340 g/mol. The normalized spacial score (nSPS) is 28.9. The van der Waals surface area contributed by atoms with Crippen molar-refractivity contribution in [2.24, 2.45) is 47.3 Å². The van der Waals surface area contributed by atoms with Crippen molar-refractivity contribution in [1.29, 1.82) is 0 Å². The van der Waals surface area contributed by atoms with E-state index in [0.717, 1.165) is 74.9 Å². The van der Waals surface area contributed by atoms with E-state index in [0.29, 0.717) is 71.6 Å². The van der Waals surface area contributed by atoms with Gasteiger partial charge < -0.3 is 64.4 Å². The van der Waals surface area contributed by atoms with Crippen LogP contribution in [0.15, 0.2) is 69.4 Å². The Hall–Kier alpha value is -9.73. The predicted octanol–water partition coefficient (Wildman–Crippen LogP) is 5.53. The van der Waals surface area contributed by atoms with Gasteiger partial charge in [-0.3, -0.25) is 43.2 Å². The van der Waals surface area contributed by atoms with Crippen molar-refractivity contribution in [3.63, 3.8) is 0 Å². The lowest BCUT2D eigenvalue weighted by Gasteiger charge is -2.45. The molecule has 3 aromatic heterocycles. The molecule has 6 aliphatic carbocycles. The second-order valence-electron chi connectivity index (χ2n) is 28.1. The summed E-state index contributed by atoms with van der Waals surface area (Å²) in [6, 6.07) is 7.02. The number of carbonyl (C=O) groups is 6. The molecule has 3 aromatic carbocycles. The Kier molecular flexibility index (Phi) is 14.2. The Morgan fingerprint density at radius 1 is 0.433 bits per heavy atom. The van der Waals surface area contributed by atoms with Crippen LogP contribution >= 0.6 is 0 Å². The molecule has 18 rings (SSSR count). The van der Waals surface area contributed by atoms with E-state index in [1.807, 2.05) is 9.80 Å². The number of benzene rings is 3. The van der Waals surface area contributed by atoms with E-state index in [-0.39, 0.29) is 112 Å². The number of nitrogens with zero attached hydrogens (tertiary/aromatic N) is 6. The van der Waals surface area contributed by atoms with Gasteiger partial charge in [-0.15, -0.1) is 0 Å². The van der Waals surface area contributed by atoms with E-state index >= 15 is 0 Å². The van der Waals surface area contributed by atoms with Gasteiger partial charge >= 0.3 is 0 Å². The molecule has 6 saturated carbocycles. The van der Waals surface area contributed by atoms with Gasteiger partial charge in [-0.2, -0.15) is 0 Å². The zero-order chi connectivity index (χ0) is 68.1. The topological polar surface area (TPSA) is 284 Å². The number of amides is 6. The standard InChI is InChI=1S/C23H21F2N3O5.2C23H21F2N3O4/c1-9-2-14(24)12(15(25)3-9)6-26-22(31)13-7-27-8-18-28(23(32)19(27)21(30)20(13)29)16-5-17(33-18)11-4-10(11)16;1-9-2-16(25)10(3-15(9)24)6-26-22(31)14-7-27-8-18-13-5-17(12-4-11(12)13)28(18)23(32)19(27)21(30)20(14)29;1-9-2-15(24)13(16(25)3-9)6-26-22(31)14-7-27-8-18-12-5-17(11-4-10(11)12)28(18)23(32)19(27)21(30)20(14)29/h2-3,7,10-11,16-18,30H,4-6,8H2,1H3,(H,26,31);2-3,7,11-13,17-18,30H,4-6,8H2,1H3,(H,26,31);2-3,7,10-12,17-18,30H,4-6,8H2,1H3,(H,26,31)/t10-,11+,16-,17+,18?;11-,12+,13?,17?,18+;10-,11+,12?,17?,18+/m011/s1. The van der Waals surface area contributed by atoms with E-state index in [9.17, 15) is 84.8 Å². The highest BCUT2D eigenvalue weighted by molar-refractivity contribution is 6.02. The summed E-state index contributed by atoms with van der Waals surface area (Å²) in [4.78, 5) is 121. The number of rotatable bonds is 9. The van der Waals surface area contributed by atoms with Crippen LogP contribution in [0.4, 0.5) is 26.3 Å². The summed E-state index contributed by atoms with van der Waals surface area (Å²) >= 11 is 0. The molecule has 22 nitrogen and oxygen atoms in total. The highest BCUT2D eigenvalue weighted by atomic mass is 19.2. The van der Waals surface area contributed by atoms with Crippen molar-refractivity contribution in [1.82, 2.24) is 44.4 Å². The van der Waals surface area contributed by atoms with Gasteiger partial charge in [0, 0.05) is 86.1 Å². The van der Waals surface area contributed by atoms with Gasteiger partial charge in [-0.1, -0.05) is 0 Å². The van der Waals surface area contributed by atoms with Crippen molar-refractivity contribution >= 4 is 35.4 Å². The first-order valence-electron chi connectivity index (χ1n) is 32.5. The van der Waals surface area contributed by atoms with Crippen LogP contribution < -0.4 is 32.2 Å². The predicted molar refractivity (Wildman–Crippen MR) is 326 cm³/mol. The molecule has 6 bridgehead atoms. The van der Waals surface area contributed by atoms with Crippen LogP contribution in [0.25, 0.3) is 0 Å². The lowest BCUT2D eigenvalue weighted by atomic mass is 9.94. The Morgan fingerprint density at radius 2 is 0.804 bits per heavy atom. The first kappa shape index (κ1) is 62.1. The number of fused-ring (bicyclic) bond motifs is 26. The summed E-state index contributed by atoms with van der Waals surface area (Å²) in [5.74, 6) is -6.61. The number of ether oxygens (including phenoxy) is 1. The van der Waals surface area contributed by atoms with Crippen molar-refractivity contribution in [3.8, 4) is 17.2 Å². The average Bonchev–Trinajstić information content (AvgIpc) is 1.54. The van der Waals surface area contributed by atoms with Crippen LogP contribution in [0.3, 0.4) is 0 Å². The Bertz CT molecular complexity index is 4720. The van der Waals surface area contributed by atoms with Gasteiger partial charge in [0.25, 0.3) is 35.4 Å². The van der Waals surface area contributed by atoms with E-state index in [4.69, 9.17) is 4.74 Å². The number of hydrogen-bond acceptors (Lipinski definition) is 13. The number of carbonyl (C=O) groups excluding carboxylic acids is 6. The second-order valence-corrected chi connectivity index (χ2v) is 28.1. The third kappa shape index (κ3) is 9.70. The maximum absolute atomic E-state index is 14.1. The number of pyridine rings is 3. The molecule has 3 saturated heterocycles. The molecule has 9 fully saturated rings. The molecule has 0 radical (unpaired) electrons. The quantitative estimate of drug-likeness (QED) is 0.0974. The molecule has 6 amide bonds. The minimum atomic E-state index is -1.01. The third-order valence-corrected chi connectivity index (χ3v) is 22.8. The molecule has 9 heterocycles. The highest BCUT2D eigenvalue weighted by Crippen LogP contribution is 2.66. The van der Waals surface area contributed by atoms with E-state index < -0.39 is 117 Å². The number of nitrogens with one attached hydrogen (secondary N) is 3. The first-order valence-corrected chi connectivity index (χ1v) is 32.5. The molecule has 15 atom stereocenters. The fourth-order valence-electron chi connectivity index (χ4n) is 18.0. The number of aryl methyl sites for hydroxylation is 3. The minimum absolute atomic E-state index is 0.00249. The SMILES string of the molecule is Cc1cc(F)c(CNC(=O)c2cn3c(c(O)c2=O)C(=O)N2C(C3)O[C@@H]3C[C@H]2[C@H]2C[C@H]23)c(F)c1.Cc1cc(F)c(CNC(=O)c2cn3c(c(O)c2=O)C(=O)N2C4CC([C@@H]5C[C@H]45)[C@@H]2C3)c(F)c1.Cc1cc(F)c(CNC(=O)c2cn3c(c(O)c2=O)C(=O)N2C4CC([C@@H]5C[C@H]45)[C@@H]2C3)cc1F. The van der Waals surface area contributed by atoms with Gasteiger partial charge in [0.2, 0.25) is 16.3 Å². The number of hydrogen-bond donors (Lipinski definition) is 6. The smallest absolute Gasteiger partial charge is 0.276 e. The fraction of sp³-hybridized carbons (Fsp3) is 0.435. The maximum Gasteiger partial charge on any atom is 0.276 e. The third-order valence-electron chi connectivity index (χ3n) is 22.8. The monoisotopic (exact) mass is 1340 g/mol. The van der Waals surface area contributed by atoms with Gasteiger partial charge in [-0.25, -0.2) is 26.3 Å². The minimum Gasteiger partial charge on any atom is -0.503 e. The van der Waals surface area contributed by atoms with Crippen LogP contribution in [0, 0.1) is 103 Å². The summed E-state index contributed by atoms with van der Waals surface area (Å²) in [6.07, 6.45) is 9.27. The number of aromatic nitrogens is 3. The number of halogens is 6. The molecular formula is C69H63F6N9O13. The van der Waals surface area contributed by atoms with E-state index in [1.54, 1.807) is 11.8 Å². The van der Waals surface area contributed by atoms with Crippen LogP contribution in [-0.2, 0) is 44.0 Å². The van der Waals surface area contributed by atoms with Crippen LogP contribution in [0.5, 0.6) is 17.2 Å². The molecule has 12 aliphatic rings. The van der Waals surface area contributed by atoms with E-state index in [1.165, 1.54) is 46.1 Å². The van der Waals surface area contributed by atoms with Gasteiger partial charge in [0.1, 0.15) is 51.6 Å². The summed E-state index contributed by atoms with van der Waals surface area (Å²) in [7, 11) is 0. The Morgan fingerprint density at radius 3 is 1.25 bits per heavy atom. The molecule has 28 heteroatoms. The van der Waals surface area contributed by atoms with Crippen LogP contribution in [0.1, 0.15) is 134 Å². The number of piperidine rings is 2. The zero-order valence-corrected chi connectivity index (χ0v) is 52.2. The second kappa shape index (κ2) is 22.2. The Balaban J connectivity index is 0.000000114. The Labute approximate surface area is 546 Å². The molecule has 6 aromatic rings. The van der Waals surface area contributed by atoms with Gasteiger partial charge in [0.05, 0.1) is 24.7 Å². The molecule has 6 N–H and O–H groups in total. The van der Waals surface area contributed by atoms with Crippen molar-refractivity contribution in [3.05, 3.63) is 188 Å². The maximum atomic E-state index is 14.1. The molecule has 5 unspecified atom stereocenters. The fourth-order valence-corrected chi connectivity index (χ4v) is 18.0. The molecule has 6 aliphatic heterocycles. The van der Waals surface area contributed by atoms with Crippen molar-refractivity contribution < 1.29 is 75.2 Å². The zero-order valence-electron chi connectivity index (χ0n) is 52.2. The molecular weight excluding hydrogens is 1280 g/mol. The lowest BCUT2D eigenvalue weighted by Crippen LogP contribution is -2.58. The van der Waals surface area contributed by atoms with Crippen LogP contribution in [0.2, 0.25) is 0 Å². The van der Waals surface area contributed by atoms with Gasteiger partial charge in [0.15, 0.2) is 40.6 Å². The summed E-state index contributed by atoms with van der Waals surface area (Å²) in [5.41, 5.74) is -4.19. The first-order chi connectivity index (χ1) is 46.3. The summed E-state index contributed by atoms with van der Waals surface area (Å²) in [5, 5.41) is 38.7. The number of aromatic hydroxyl groups is 3. The highest BCUT2D eigenvalue weighted by Gasteiger charge is 2.68. The van der Waals surface area contributed by atoms with Crippen molar-refractivity contribution in [2.45, 2.75) is 141 Å². The van der Waals surface area contributed by atoms with Gasteiger partial charge in [-0.05, 0) is 160 Å². The lowest BCUT2D eigenvalue weighted by molar-refractivity contribution is -0.144. The van der Waals surface area contributed by atoms with E-state index in [2.05, 4.69) is 16.0 Å². The largest absolute Gasteiger partial charge is 0.503 e.